The number of piperidine rings is 1. The van der Waals surface area contributed by atoms with E-state index in [0.29, 0.717) is 28.6 Å². The van der Waals surface area contributed by atoms with Crippen LogP contribution < -0.4 is 9.64 Å². The minimum Gasteiger partial charge on any atom is -0.494 e. The Balaban J connectivity index is 1.44. The zero-order valence-electron chi connectivity index (χ0n) is 14.1. The molecule has 0 bridgehead atoms. The molecule has 2 heterocycles. The van der Waals surface area contributed by atoms with E-state index in [4.69, 9.17) is 33.0 Å². The molecule has 0 radical (unpaired) electrons. The molecule has 0 atom stereocenters. The molecule has 0 aliphatic carbocycles. The summed E-state index contributed by atoms with van der Waals surface area (Å²) in [6.45, 7) is 2.39. The smallest absolute Gasteiger partial charge is 0.335 e. The van der Waals surface area contributed by atoms with Gasteiger partial charge in [-0.25, -0.2) is 4.79 Å². The number of ether oxygens (including phenoxy) is 1. The maximum Gasteiger partial charge on any atom is 0.335 e. The average molecular weight is 396 g/mol. The lowest BCUT2D eigenvalue weighted by molar-refractivity contribution is 0.0697. The molecule has 138 valence electrons. The topological polar surface area (TPSA) is 75.6 Å². The molecule has 0 saturated carbocycles. The Hall–Kier alpha value is -2.05. The van der Waals surface area contributed by atoms with E-state index in [2.05, 4.69) is 15.1 Å². The van der Waals surface area contributed by atoms with Gasteiger partial charge in [-0.1, -0.05) is 23.2 Å². The number of hydrogen-bond acceptors (Lipinski definition) is 5. The standard InChI is InChI=1S/C18H19Cl2N3O3/c19-16-11-15(17(20)22-21-16)23-8-5-12(6-9-23)7-10-26-14-3-1-13(2-4-14)18(24)25/h1-4,11-12H,5-10H2,(H,24,25). The number of anilines is 1. The van der Waals surface area contributed by atoms with E-state index in [-0.39, 0.29) is 5.56 Å². The first-order valence-electron chi connectivity index (χ1n) is 8.43. The largest absolute Gasteiger partial charge is 0.494 e. The molecule has 1 aromatic heterocycles. The molecule has 26 heavy (non-hydrogen) atoms. The Labute approximate surface area is 161 Å². The summed E-state index contributed by atoms with van der Waals surface area (Å²) in [6.07, 6.45) is 3.03. The van der Waals surface area contributed by atoms with Gasteiger partial charge in [-0.2, -0.15) is 0 Å². The first-order chi connectivity index (χ1) is 12.5. The molecule has 8 heteroatoms. The molecular weight excluding hydrogens is 377 g/mol. The summed E-state index contributed by atoms with van der Waals surface area (Å²) in [5.74, 6) is 0.333. The summed E-state index contributed by atoms with van der Waals surface area (Å²) >= 11 is 12.0. The summed E-state index contributed by atoms with van der Waals surface area (Å²) in [7, 11) is 0. The third-order valence-electron chi connectivity index (χ3n) is 4.55. The fraction of sp³-hybridized carbons (Fsp3) is 0.389. The van der Waals surface area contributed by atoms with Crippen LogP contribution in [0.2, 0.25) is 10.3 Å². The van der Waals surface area contributed by atoms with Gasteiger partial charge in [0.1, 0.15) is 5.75 Å². The number of carbonyl (C=O) groups is 1. The number of hydrogen-bond donors (Lipinski definition) is 1. The molecule has 1 aliphatic heterocycles. The number of carboxylic acid groups (broad SMARTS) is 1. The van der Waals surface area contributed by atoms with Crippen LogP contribution in [0.15, 0.2) is 30.3 Å². The molecule has 3 rings (SSSR count). The van der Waals surface area contributed by atoms with Crippen molar-refractivity contribution in [2.45, 2.75) is 19.3 Å². The third-order valence-corrected chi connectivity index (χ3v) is 5.01. The number of rotatable bonds is 6. The average Bonchev–Trinajstić information content (AvgIpc) is 2.65. The van der Waals surface area contributed by atoms with Crippen LogP contribution in [0.25, 0.3) is 0 Å². The number of carboxylic acids is 1. The van der Waals surface area contributed by atoms with E-state index >= 15 is 0 Å². The molecule has 1 aromatic carbocycles. The van der Waals surface area contributed by atoms with Crippen LogP contribution in [0, 0.1) is 5.92 Å². The number of nitrogens with zero attached hydrogens (tertiary/aromatic N) is 3. The van der Waals surface area contributed by atoms with Crippen molar-refractivity contribution >= 4 is 34.9 Å². The van der Waals surface area contributed by atoms with Crippen LogP contribution in [0.1, 0.15) is 29.6 Å². The number of benzene rings is 1. The molecular formula is C18H19Cl2N3O3. The van der Waals surface area contributed by atoms with Gasteiger partial charge in [0, 0.05) is 19.2 Å². The lowest BCUT2D eigenvalue weighted by Crippen LogP contribution is -2.34. The van der Waals surface area contributed by atoms with E-state index in [1.54, 1.807) is 30.3 Å². The maximum atomic E-state index is 10.8. The van der Waals surface area contributed by atoms with Gasteiger partial charge in [-0.05, 0) is 49.4 Å². The van der Waals surface area contributed by atoms with E-state index in [0.717, 1.165) is 38.0 Å². The van der Waals surface area contributed by atoms with Crippen molar-refractivity contribution in [3.63, 3.8) is 0 Å². The Morgan fingerprint density at radius 1 is 1.19 bits per heavy atom. The number of aromatic carboxylic acids is 1. The minimum absolute atomic E-state index is 0.258. The van der Waals surface area contributed by atoms with Crippen molar-refractivity contribution in [1.29, 1.82) is 0 Å². The molecule has 0 spiro atoms. The highest BCUT2D eigenvalue weighted by Crippen LogP contribution is 2.30. The lowest BCUT2D eigenvalue weighted by Gasteiger charge is -2.33. The fourth-order valence-corrected chi connectivity index (χ4v) is 3.42. The molecule has 2 aromatic rings. The molecule has 0 unspecified atom stereocenters. The summed E-state index contributed by atoms with van der Waals surface area (Å²) in [5, 5.41) is 17.2. The molecule has 6 nitrogen and oxygen atoms in total. The van der Waals surface area contributed by atoms with Gasteiger partial charge in [0.15, 0.2) is 10.3 Å². The Morgan fingerprint density at radius 3 is 2.54 bits per heavy atom. The van der Waals surface area contributed by atoms with E-state index in [9.17, 15) is 4.79 Å². The van der Waals surface area contributed by atoms with Crippen molar-refractivity contribution in [1.82, 2.24) is 10.2 Å². The second kappa shape index (κ2) is 8.56. The lowest BCUT2D eigenvalue weighted by atomic mass is 9.94. The van der Waals surface area contributed by atoms with Gasteiger partial charge in [-0.15, -0.1) is 10.2 Å². The van der Waals surface area contributed by atoms with Crippen LogP contribution in [0.4, 0.5) is 5.69 Å². The summed E-state index contributed by atoms with van der Waals surface area (Å²) in [6, 6.07) is 8.23. The van der Waals surface area contributed by atoms with Crippen LogP contribution in [0.3, 0.4) is 0 Å². The van der Waals surface area contributed by atoms with Crippen molar-refractivity contribution in [2.75, 3.05) is 24.6 Å². The SMILES string of the molecule is O=C(O)c1ccc(OCCC2CCN(c3cc(Cl)nnc3Cl)CC2)cc1. The maximum absolute atomic E-state index is 10.8. The monoisotopic (exact) mass is 395 g/mol. The first kappa shape index (κ1) is 18.7. The van der Waals surface area contributed by atoms with E-state index in [1.807, 2.05) is 0 Å². The zero-order chi connectivity index (χ0) is 18.5. The second-order valence-electron chi connectivity index (χ2n) is 6.24. The molecule has 1 aliphatic rings. The highest BCUT2D eigenvalue weighted by Gasteiger charge is 2.22. The molecule has 1 fully saturated rings. The highest BCUT2D eigenvalue weighted by atomic mass is 35.5. The molecule has 1 saturated heterocycles. The number of halogens is 2. The van der Waals surface area contributed by atoms with Gasteiger partial charge in [-0.3, -0.25) is 0 Å². The number of aromatic nitrogens is 2. The van der Waals surface area contributed by atoms with Crippen molar-refractivity contribution in [3.8, 4) is 5.75 Å². The van der Waals surface area contributed by atoms with Crippen molar-refractivity contribution < 1.29 is 14.6 Å². The van der Waals surface area contributed by atoms with Crippen molar-refractivity contribution in [3.05, 3.63) is 46.2 Å². The summed E-state index contributed by atoms with van der Waals surface area (Å²) in [5.41, 5.74) is 1.09. The Kier molecular flexibility index (Phi) is 6.16. The van der Waals surface area contributed by atoms with Crippen LogP contribution >= 0.6 is 23.2 Å². The highest BCUT2D eigenvalue weighted by molar-refractivity contribution is 6.33. The first-order valence-corrected chi connectivity index (χ1v) is 9.18. The quantitative estimate of drug-likeness (QED) is 0.790. The van der Waals surface area contributed by atoms with Crippen molar-refractivity contribution in [2.24, 2.45) is 5.92 Å². The zero-order valence-corrected chi connectivity index (χ0v) is 15.6. The predicted molar refractivity (Wildman–Crippen MR) is 101 cm³/mol. The third kappa shape index (κ3) is 4.77. The summed E-state index contributed by atoms with van der Waals surface area (Å²) in [4.78, 5) is 13.0. The second-order valence-corrected chi connectivity index (χ2v) is 6.99. The van der Waals surface area contributed by atoms with Crippen LogP contribution in [0.5, 0.6) is 5.75 Å². The van der Waals surface area contributed by atoms with Gasteiger partial charge in [0.25, 0.3) is 0 Å². The Bertz CT molecular complexity index is 763. The van der Waals surface area contributed by atoms with Gasteiger partial charge >= 0.3 is 5.97 Å². The molecule has 1 N–H and O–H groups in total. The van der Waals surface area contributed by atoms with Crippen LogP contribution in [-0.4, -0.2) is 41.0 Å². The van der Waals surface area contributed by atoms with E-state index < -0.39 is 5.97 Å². The minimum atomic E-state index is -0.936. The van der Waals surface area contributed by atoms with Gasteiger partial charge in [0.05, 0.1) is 17.9 Å². The van der Waals surface area contributed by atoms with Crippen LogP contribution in [-0.2, 0) is 0 Å². The normalized spacial score (nSPS) is 15.1. The Morgan fingerprint density at radius 2 is 1.88 bits per heavy atom. The van der Waals surface area contributed by atoms with Gasteiger partial charge in [0.2, 0.25) is 0 Å². The fourth-order valence-electron chi connectivity index (χ4n) is 3.07. The van der Waals surface area contributed by atoms with E-state index in [1.165, 1.54) is 0 Å². The summed E-state index contributed by atoms with van der Waals surface area (Å²) < 4.78 is 5.73. The predicted octanol–water partition coefficient (Wildman–Crippen LogP) is 4.17. The van der Waals surface area contributed by atoms with Gasteiger partial charge < -0.3 is 14.7 Å². The molecule has 0 amide bonds.